The summed E-state index contributed by atoms with van der Waals surface area (Å²) in [5.41, 5.74) is 1.57. The molecule has 1 aromatic carbocycles. The molecule has 106 valence electrons. The van der Waals surface area contributed by atoms with E-state index in [1.807, 2.05) is 29.6 Å². The summed E-state index contributed by atoms with van der Waals surface area (Å²) in [5.74, 6) is 0.492. The van der Waals surface area contributed by atoms with Crippen LogP contribution in [0.5, 0.6) is 5.75 Å². The minimum atomic E-state index is -0.128. The first-order valence-corrected chi connectivity index (χ1v) is 7.26. The normalized spacial score (nSPS) is 10.2. The molecule has 2 N–H and O–H groups in total. The Hall–Kier alpha value is -1.72. The Balaban J connectivity index is 2.07. The highest BCUT2D eigenvalue weighted by Crippen LogP contribution is 2.28. The first-order chi connectivity index (χ1) is 9.58. The maximum Gasteiger partial charge on any atom is 0.221 e. The second-order valence-corrected chi connectivity index (χ2v) is 5.61. The third-order valence-electron chi connectivity index (χ3n) is 2.60. The molecule has 4 nitrogen and oxygen atoms in total. The van der Waals surface area contributed by atoms with Crippen molar-refractivity contribution in [2.75, 3.05) is 17.7 Å². The van der Waals surface area contributed by atoms with Crippen LogP contribution < -0.4 is 15.4 Å². The molecule has 6 heteroatoms. The number of ether oxygens (including phenoxy) is 1. The van der Waals surface area contributed by atoms with Gasteiger partial charge in [0.15, 0.2) is 0 Å². The number of hydrogen-bond donors (Lipinski definition) is 2. The van der Waals surface area contributed by atoms with E-state index in [4.69, 9.17) is 16.3 Å². The Morgan fingerprint density at radius 3 is 2.80 bits per heavy atom. The molecule has 0 bridgehead atoms. The molecule has 1 amide bonds. The average molecular weight is 311 g/mol. The van der Waals surface area contributed by atoms with Gasteiger partial charge in [0, 0.05) is 35.5 Å². The zero-order valence-corrected chi connectivity index (χ0v) is 12.8. The number of anilines is 2. The van der Waals surface area contributed by atoms with Crippen LogP contribution in [0.1, 0.15) is 11.8 Å². The number of halogens is 1. The molecule has 2 aromatic rings. The van der Waals surface area contributed by atoms with Gasteiger partial charge in [0.25, 0.3) is 0 Å². The Morgan fingerprint density at radius 2 is 2.20 bits per heavy atom. The lowest BCUT2D eigenvalue weighted by Gasteiger charge is -2.12. The van der Waals surface area contributed by atoms with Crippen LogP contribution in [0, 0.1) is 0 Å². The minimum Gasteiger partial charge on any atom is -0.494 e. The third-order valence-corrected chi connectivity index (χ3v) is 3.89. The summed E-state index contributed by atoms with van der Waals surface area (Å²) < 4.78 is 5.27. The maximum absolute atomic E-state index is 11.1. The van der Waals surface area contributed by atoms with E-state index in [2.05, 4.69) is 10.6 Å². The molecular formula is C14H15ClN2O2S. The molecule has 1 heterocycles. The molecule has 0 aliphatic heterocycles. The van der Waals surface area contributed by atoms with Crippen LogP contribution in [0.2, 0.25) is 5.02 Å². The van der Waals surface area contributed by atoms with Crippen molar-refractivity contribution in [1.29, 1.82) is 0 Å². The summed E-state index contributed by atoms with van der Waals surface area (Å²) in [6.45, 7) is 2.16. The number of hydrogen-bond acceptors (Lipinski definition) is 4. The number of nitrogens with one attached hydrogen (secondary N) is 2. The second kappa shape index (κ2) is 6.63. The van der Waals surface area contributed by atoms with Gasteiger partial charge >= 0.3 is 0 Å². The molecule has 2 rings (SSSR count). The highest BCUT2D eigenvalue weighted by atomic mass is 35.5. The van der Waals surface area contributed by atoms with Gasteiger partial charge in [-0.3, -0.25) is 4.79 Å². The Kier molecular flexibility index (Phi) is 4.87. The van der Waals surface area contributed by atoms with Crippen molar-refractivity contribution in [3.05, 3.63) is 39.5 Å². The lowest BCUT2D eigenvalue weighted by Crippen LogP contribution is -2.07. The summed E-state index contributed by atoms with van der Waals surface area (Å²) in [6.07, 6.45) is 0. The average Bonchev–Trinajstić information content (AvgIpc) is 2.83. The molecule has 0 aliphatic carbocycles. The number of thiophene rings is 1. The molecule has 20 heavy (non-hydrogen) atoms. The fourth-order valence-corrected chi connectivity index (χ4v) is 2.74. The Labute approximate surface area is 126 Å². The van der Waals surface area contributed by atoms with E-state index in [-0.39, 0.29) is 5.91 Å². The molecule has 1 aromatic heterocycles. The molecular weight excluding hydrogens is 296 g/mol. The standard InChI is InChI=1S/C14H15ClN2O2S/c1-9(18)17-13-4-3-11(6-14(13)19-2)16-7-12-5-10(15)8-20-12/h3-6,8,16H,7H2,1-2H3,(H,17,18). The quantitative estimate of drug-likeness (QED) is 0.878. The van der Waals surface area contributed by atoms with Crippen molar-refractivity contribution >= 4 is 40.2 Å². The van der Waals surface area contributed by atoms with Gasteiger partial charge in [0.2, 0.25) is 5.91 Å². The molecule has 0 saturated heterocycles. The van der Waals surface area contributed by atoms with E-state index < -0.39 is 0 Å². The molecule has 0 radical (unpaired) electrons. The second-order valence-electron chi connectivity index (χ2n) is 4.18. The van der Waals surface area contributed by atoms with Crippen molar-refractivity contribution in [2.45, 2.75) is 13.5 Å². The fourth-order valence-electron chi connectivity index (χ4n) is 1.73. The van der Waals surface area contributed by atoms with E-state index in [1.54, 1.807) is 18.4 Å². The molecule has 0 saturated carbocycles. The number of amides is 1. The van der Waals surface area contributed by atoms with E-state index in [1.165, 1.54) is 6.92 Å². The van der Waals surface area contributed by atoms with Crippen LogP contribution in [0.15, 0.2) is 29.6 Å². The first-order valence-electron chi connectivity index (χ1n) is 6.01. The van der Waals surface area contributed by atoms with Crippen LogP contribution in [0.4, 0.5) is 11.4 Å². The van der Waals surface area contributed by atoms with Crippen LogP contribution in [-0.4, -0.2) is 13.0 Å². The summed E-state index contributed by atoms with van der Waals surface area (Å²) in [6, 6.07) is 7.48. The van der Waals surface area contributed by atoms with Gasteiger partial charge in [-0.05, 0) is 18.2 Å². The van der Waals surface area contributed by atoms with Crippen molar-refractivity contribution in [3.63, 3.8) is 0 Å². The number of carbonyl (C=O) groups is 1. The lowest BCUT2D eigenvalue weighted by molar-refractivity contribution is -0.114. The van der Waals surface area contributed by atoms with Crippen molar-refractivity contribution in [1.82, 2.24) is 0 Å². The summed E-state index contributed by atoms with van der Waals surface area (Å²) >= 11 is 7.49. The SMILES string of the molecule is COc1cc(NCc2cc(Cl)cs2)ccc1NC(C)=O. The molecule has 0 aliphatic rings. The fraction of sp³-hybridized carbons (Fsp3) is 0.214. The summed E-state index contributed by atoms with van der Waals surface area (Å²) in [7, 11) is 1.57. The van der Waals surface area contributed by atoms with Crippen molar-refractivity contribution < 1.29 is 9.53 Å². The largest absolute Gasteiger partial charge is 0.494 e. The highest BCUT2D eigenvalue weighted by molar-refractivity contribution is 7.10. The van der Waals surface area contributed by atoms with Crippen LogP contribution in [0.3, 0.4) is 0 Å². The summed E-state index contributed by atoms with van der Waals surface area (Å²) in [5, 5.41) is 8.67. The number of methoxy groups -OCH3 is 1. The predicted molar refractivity (Wildman–Crippen MR) is 84.0 cm³/mol. The van der Waals surface area contributed by atoms with Crippen molar-refractivity contribution in [2.24, 2.45) is 0 Å². The minimum absolute atomic E-state index is 0.128. The molecule has 0 fully saturated rings. The molecule has 0 atom stereocenters. The third kappa shape index (κ3) is 3.88. The lowest BCUT2D eigenvalue weighted by atomic mass is 10.2. The van der Waals surface area contributed by atoms with Gasteiger partial charge < -0.3 is 15.4 Å². The smallest absolute Gasteiger partial charge is 0.221 e. The monoisotopic (exact) mass is 310 g/mol. The van der Waals surface area contributed by atoms with E-state index in [0.29, 0.717) is 18.0 Å². The number of carbonyl (C=O) groups excluding carboxylic acids is 1. The molecule has 0 unspecified atom stereocenters. The topological polar surface area (TPSA) is 50.4 Å². The van der Waals surface area contributed by atoms with Gasteiger partial charge in [-0.25, -0.2) is 0 Å². The van der Waals surface area contributed by atoms with E-state index >= 15 is 0 Å². The van der Waals surface area contributed by atoms with E-state index in [9.17, 15) is 4.79 Å². The first kappa shape index (κ1) is 14.7. The predicted octanol–water partition coefficient (Wildman–Crippen LogP) is 3.98. The van der Waals surface area contributed by atoms with Crippen LogP contribution in [-0.2, 0) is 11.3 Å². The van der Waals surface area contributed by atoms with Gasteiger partial charge in [-0.15, -0.1) is 11.3 Å². The zero-order valence-electron chi connectivity index (χ0n) is 11.2. The highest BCUT2D eigenvalue weighted by Gasteiger charge is 2.06. The van der Waals surface area contributed by atoms with Crippen molar-refractivity contribution in [3.8, 4) is 5.75 Å². The summed E-state index contributed by atoms with van der Waals surface area (Å²) in [4.78, 5) is 12.2. The Bertz CT molecular complexity index is 613. The molecule has 0 spiro atoms. The van der Waals surface area contributed by atoms with Gasteiger partial charge in [-0.2, -0.15) is 0 Å². The van der Waals surface area contributed by atoms with Gasteiger partial charge in [0.1, 0.15) is 5.75 Å². The van der Waals surface area contributed by atoms with E-state index in [0.717, 1.165) is 15.6 Å². The van der Waals surface area contributed by atoms with Gasteiger partial charge in [-0.1, -0.05) is 11.6 Å². The Morgan fingerprint density at radius 1 is 1.40 bits per heavy atom. The number of benzene rings is 1. The maximum atomic E-state index is 11.1. The van der Waals surface area contributed by atoms with Crippen LogP contribution in [0.25, 0.3) is 0 Å². The van der Waals surface area contributed by atoms with Gasteiger partial charge in [0.05, 0.1) is 17.8 Å². The number of rotatable bonds is 5. The van der Waals surface area contributed by atoms with Crippen LogP contribution >= 0.6 is 22.9 Å². The zero-order chi connectivity index (χ0) is 14.5.